The minimum Gasteiger partial charge on any atom is -0.375 e. The van der Waals surface area contributed by atoms with Crippen molar-refractivity contribution in [3.63, 3.8) is 0 Å². The van der Waals surface area contributed by atoms with Crippen LogP contribution in [0.5, 0.6) is 0 Å². The molecule has 74 valence electrons. The Kier molecular flexibility index (Phi) is 1.74. The maximum atomic E-state index is 6.03. The van der Waals surface area contributed by atoms with E-state index in [0.29, 0.717) is 5.60 Å². The van der Waals surface area contributed by atoms with Crippen LogP contribution in [0.1, 0.15) is 45.4 Å². The van der Waals surface area contributed by atoms with Crippen LogP contribution in [0.2, 0.25) is 0 Å². The molecule has 1 aliphatic heterocycles. The minimum absolute atomic E-state index is 0.309. The van der Waals surface area contributed by atoms with E-state index < -0.39 is 0 Å². The van der Waals surface area contributed by atoms with E-state index in [0.717, 1.165) is 24.4 Å². The van der Waals surface area contributed by atoms with E-state index in [-0.39, 0.29) is 0 Å². The summed E-state index contributed by atoms with van der Waals surface area (Å²) in [4.78, 5) is 0. The highest BCUT2D eigenvalue weighted by Gasteiger charge is 2.60. The number of fused-ring (bicyclic) bond motifs is 4. The van der Waals surface area contributed by atoms with Gasteiger partial charge >= 0.3 is 0 Å². The van der Waals surface area contributed by atoms with Gasteiger partial charge in [-0.15, -0.1) is 0 Å². The summed E-state index contributed by atoms with van der Waals surface area (Å²) < 4.78 is 6.03. The van der Waals surface area contributed by atoms with Crippen LogP contribution in [-0.4, -0.2) is 12.2 Å². The molecule has 4 atom stereocenters. The highest BCUT2D eigenvalue weighted by atomic mass is 16.5. The van der Waals surface area contributed by atoms with E-state index in [2.05, 4.69) is 6.92 Å². The summed E-state index contributed by atoms with van der Waals surface area (Å²) in [7, 11) is 0. The molecule has 3 aliphatic rings. The molecule has 4 unspecified atom stereocenters. The summed E-state index contributed by atoms with van der Waals surface area (Å²) in [6.45, 7) is 3.40. The van der Waals surface area contributed by atoms with Crippen LogP contribution >= 0.6 is 0 Å². The van der Waals surface area contributed by atoms with Crippen LogP contribution in [-0.2, 0) is 4.74 Å². The van der Waals surface area contributed by atoms with Crippen molar-refractivity contribution in [2.45, 2.75) is 51.0 Å². The zero-order valence-corrected chi connectivity index (χ0v) is 8.59. The van der Waals surface area contributed by atoms with E-state index >= 15 is 0 Å². The lowest BCUT2D eigenvalue weighted by molar-refractivity contribution is -0.254. The second-order valence-corrected chi connectivity index (χ2v) is 5.34. The first-order valence-electron chi connectivity index (χ1n) is 5.96. The maximum Gasteiger partial charge on any atom is 0.0716 e. The molecule has 0 N–H and O–H groups in total. The fraction of sp³-hybridized carbons (Fsp3) is 1.00. The van der Waals surface area contributed by atoms with E-state index in [1.165, 1.54) is 38.5 Å². The maximum absolute atomic E-state index is 6.03. The van der Waals surface area contributed by atoms with Crippen molar-refractivity contribution in [2.24, 2.45) is 17.8 Å². The van der Waals surface area contributed by atoms with Crippen molar-refractivity contribution in [2.75, 3.05) is 6.61 Å². The molecule has 0 aromatic heterocycles. The molecule has 2 aliphatic carbocycles. The van der Waals surface area contributed by atoms with Crippen LogP contribution in [0.3, 0.4) is 0 Å². The second kappa shape index (κ2) is 2.73. The van der Waals surface area contributed by atoms with Gasteiger partial charge < -0.3 is 4.74 Å². The molecular formula is C12H20O. The molecular weight excluding hydrogens is 160 g/mol. The largest absolute Gasteiger partial charge is 0.375 e. The third-order valence-corrected chi connectivity index (χ3v) is 4.88. The van der Waals surface area contributed by atoms with Crippen molar-refractivity contribution in [1.82, 2.24) is 0 Å². The normalized spacial score (nSPS) is 54.7. The van der Waals surface area contributed by atoms with Crippen molar-refractivity contribution in [3.05, 3.63) is 0 Å². The highest BCUT2D eigenvalue weighted by molar-refractivity contribution is 5.09. The van der Waals surface area contributed by atoms with Crippen molar-refractivity contribution < 1.29 is 4.74 Å². The monoisotopic (exact) mass is 180 g/mol. The number of ether oxygens (including phenoxy) is 1. The first-order valence-corrected chi connectivity index (χ1v) is 5.96. The molecule has 0 spiro atoms. The highest BCUT2D eigenvalue weighted by Crippen LogP contribution is 2.60. The molecule has 1 saturated heterocycles. The van der Waals surface area contributed by atoms with Gasteiger partial charge in [0.1, 0.15) is 0 Å². The van der Waals surface area contributed by atoms with E-state index in [1.54, 1.807) is 0 Å². The molecule has 2 saturated carbocycles. The quantitative estimate of drug-likeness (QED) is 0.557. The Hall–Kier alpha value is -0.0400. The van der Waals surface area contributed by atoms with Gasteiger partial charge in [-0.05, 0) is 50.4 Å². The molecule has 3 fully saturated rings. The standard InChI is InChI=1S/C12H20O/c1-12-10-6-3-2-5-9(10)11(12)7-4-8-13-12/h9-11H,2-8H2,1H3. The third-order valence-electron chi connectivity index (χ3n) is 4.88. The van der Waals surface area contributed by atoms with E-state index in [1.807, 2.05) is 0 Å². The van der Waals surface area contributed by atoms with Crippen LogP contribution in [0.15, 0.2) is 0 Å². The lowest BCUT2D eigenvalue weighted by Crippen LogP contribution is -2.64. The van der Waals surface area contributed by atoms with E-state index in [4.69, 9.17) is 4.74 Å². The zero-order valence-electron chi connectivity index (χ0n) is 8.59. The van der Waals surface area contributed by atoms with Crippen LogP contribution in [0.25, 0.3) is 0 Å². The fourth-order valence-corrected chi connectivity index (χ4v) is 4.24. The van der Waals surface area contributed by atoms with Gasteiger partial charge in [-0.25, -0.2) is 0 Å². The Morgan fingerprint density at radius 3 is 2.54 bits per heavy atom. The fourth-order valence-electron chi connectivity index (χ4n) is 4.24. The van der Waals surface area contributed by atoms with Gasteiger partial charge in [0.2, 0.25) is 0 Å². The molecule has 1 nitrogen and oxygen atoms in total. The Balaban J connectivity index is 1.82. The predicted molar refractivity (Wildman–Crippen MR) is 52.5 cm³/mol. The van der Waals surface area contributed by atoms with Crippen molar-refractivity contribution in [3.8, 4) is 0 Å². The predicted octanol–water partition coefficient (Wildman–Crippen LogP) is 2.99. The molecule has 13 heavy (non-hydrogen) atoms. The summed E-state index contributed by atoms with van der Waals surface area (Å²) in [5.74, 6) is 2.89. The summed E-state index contributed by atoms with van der Waals surface area (Å²) in [5, 5.41) is 0. The molecule has 0 bridgehead atoms. The number of hydrogen-bond donors (Lipinski definition) is 0. The summed E-state index contributed by atoms with van der Waals surface area (Å²) in [6.07, 6.45) is 8.62. The van der Waals surface area contributed by atoms with Crippen molar-refractivity contribution in [1.29, 1.82) is 0 Å². The van der Waals surface area contributed by atoms with Crippen LogP contribution < -0.4 is 0 Å². The smallest absolute Gasteiger partial charge is 0.0716 e. The van der Waals surface area contributed by atoms with Gasteiger partial charge in [0.15, 0.2) is 0 Å². The molecule has 1 heteroatoms. The van der Waals surface area contributed by atoms with Crippen molar-refractivity contribution >= 4 is 0 Å². The first kappa shape index (κ1) is 8.28. The lowest BCUT2D eigenvalue weighted by atomic mass is 9.48. The molecule has 0 radical (unpaired) electrons. The molecule has 1 heterocycles. The van der Waals surface area contributed by atoms with E-state index in [9.17, 15) is 0 Å². The Morgan fingerprint density at radius 1 is 1.00 bits per heavy atom. The zero-order chi connectivity index (χ0) is 8.89. The Morgan fingerprint density at radius 2 is 1.69 bits per heavy atom. The molecule has 0 amide bonds. The summed E-state index contributed by atoms with van der Waals surface area (Å²) in [6, 6.07) is 0. The average Bonchev–Trinajstić information content (AvgIpc) is 2.17. The molecule has 3 rings (SSSR count). The van der Waals surface area contributed by atoms with Crippen LogP contribution in [0.4, 0.5) is 0 Å². The molecule has 0 aromatic rings. The van der Waals surface area contributed by atoms with Gasteiger partial charge in [0.25, 0.3) is 0 Å². The number of hydrogen-bond acceptors (Lipinski definition) is 1. The topological polar surface area (TPSA) is 9.23 Å². The summed E-state index contributed by atoms with van der Waals surface area (Å²) in [5.41, 5.74) is 0.309. The van der Waals surface area contributed by atoms with Gasteiger partial charge in [-0.3, -0.25) is 0 Å². The summed E-state index contributed by atoms with van der Waals surface area (Å²) >= 11 is 0. The Bertz CT molecular complexity index is 199. The van der Waals surface area contributed by atoms with Gasteiger partial charge in [-0.2, -0.15) is 0 Å². The lowest BCUT2D eigenvalue weighted by Gasteiger charge is -2.63. The molecule has 0 aromatic carbocycles. The average molecular weight is 180 g/mol. The third kappa shape index (κ3) is 0.971. The first-order chi connectivity index (χ1) is 6.32. The van der Waals surface area contributed by atoms with Gasteiger partial charge in [0, 0.05) is 6.61 Å². The van der Waals surface area contributed by atoms with Gasteiger partial charge in [0.05, 0.1) is 5.60 Å². The Labute approximate surface area is 80.8 Å². The number of rotatable bonds is 0. The van der Waals surface area contributed by atoms with Crippen LogP contribution in [0, 0.1) is 17.8 Å². The SMILES string of the molecule is CC12OCCCC1C1CCCCC12. The second-order valence-electron chi connectivity index (χ2n) is 5.34. The van der Waals surface area contributed by atoms with Gasteiger partial charge in [-0.1, -0.05) is 12.8 Å². The minimum atomic E-state index is 0.309.